The van der Waals surface area contributed by atoms with E-state index in [-0.39, 0.29) is 16.9 Å². The van der Waals surface area contributed by atoms with Crippen molar-refractivity contribution in [1.82, 2.24) is 0 Å². The molecule has 2 aromatic rings. The predicted molar refractivity (Wildman–Crippen MR) is 76.6 cm³/mol. The summed E-state index contributed by atoms with van der Waals surface area (Å²) in [5, 5.41) is 18.1. The minimum Gasteiger partial charge on any atom is -0.478 e. The van der Waals surface area contributed by atoms with Gasteiger partial charge in [0.05, 0.1) is 16.8 Å². The van der Waals surface area contributed by atoms with Crippen molar-refractivity contribution in [3.63, 3.8) is 0 Å². The van der Waals surface area contributed by atoms with E-state index in [1.807, 2.05) is 6.07 Å². The fraction of sp³-hybridized carbons (Fsp3) is 0.125. The number of nitrogens with zero attached hydrogens (tertiary/aromatic N) is 2. The molecule has 21 heavy (non-hydrogen) atoms. The number of hydrogen-bond acceptors (Lipinski definition) is 3. The van der Waals surface area contributed by atoms with Crippen LogP contribution in [0.15, 0.2) is 42.5 Å². The van der Waals surface area contributed by atoms with Gasteiger partial charge in [-0.2, -0.15) is 5.26 Å². The zero-order valence-electron chi connectivity index (χ0n) is 11.4. The number of benzene rings is 2. The molecular formula is C16H13FN2O2. The lowest BCUT2D eigenvalue weighted by molar-refractivity contribution is 0.0697. The molecule has 5 heteroatoms. The lowest BCUT2D eigenvalue weighted by Crippen LogP contribution is -2.18. The van der Waals surface area contributed by atoms with E-state index in [4.69, 9.17) is 10.4 Å². The first-order chi connectivity index (χ1) is 10.0. The molecule has 106 valence electrons. The number of carbonyl (C=O) groups is 1. The van der Waals surface area contributed by atoms with E-state index in [1.54, 1.807) is 30.1 Å². The van der Waals surface area contributed by atoms with Crippen molar-refractivity contribution in [2.75, 3.05) is 11.9 Å². The molecule has 0 aliphatic heterocycles. The normalized spacial score (nSPS) is 9.95. The number of hydrogen-bond donors (Lipinski definition) is 1. The van der Waals surface area contributed by atoms with E-state index < -0.39 is 5.97 Å². The van der Waals surface area contributed by atoms with Crippen molar-refractivity contribution < 1.29 is 14.3 Å². The van der Waals surface area contributed by atoms with Crippen LogP contribution in [-0.4, -0.2) is 18.1 Å². The van der Waals surface area contributed by atoms with Crippen LogP contribution < -0.4 is 4.90 Å². The summed E-state index contributed by atoms with van der Waals surface area (Å²) in [6, 6.07) is 12.6. The minimum atomic E-state index is -1.08. The largest absolute Gasteiger partial charge is 0.478 e. The molecule has 2 aromatic carbocycles. The van der Waals surface area contributed by atoms with Crippen LogP contribution in [0.2, 0.25) is 0 Å². The lowest BCUT2D eigenvalue weighted by Gasteiger charge is -2.21. The average molecular weight is 284 g/mol. The molecule has 0 fully saturated rings. The second kappa shape index (κ2) is 6.06. The van der Waals surface area contributed by atoms with Gasteiger partial charge < -0.3 is 10.0 Å². The van der Waals surface area contributed by atoms with Crippen molar-refractivity contribution in [3.05, 3.63) is 65.0 Å². The van der Waals surface area contributed by atoms with E-state index in [2.05, 4.69) is 0 Å². The molecule has 0 saturated heterocycles. The van der Waals surface area contributed by atoms with Gasteiger partial charge in [-0.1, -0.05) is 12.1 Å². The molecule has 0 aromatic heterocycles. The van der Waals surface area contributed by atoms with Crippen molar-refractivity contribution in [3.8, 4) is 6.07 Å². The van der Waals surface area contributed by atoms with E-state index in [9.17, 15) is 9.18 Å². The highest BCUT2D eigenvalue weighted by Crippen LogP contribution is 2.22. The maximum absolute atomic E-state index is 13.2. The SMILES string of the molecule is CN(Cc1cccc(F)c1)c1ccc(C(=O)O)cc1C#N. The van der Waals surface area contributed by atoms with Crippen molar-refractivity contribution in [1.29, 1.82) is 5.26 Å². The van der Waals surface area contributed by atoms with Crippen molar-refractivity contribution in [2.24, 2.45) is 0 Å². The molecule has 0 saturated carbocycles. The third kappa shape index (κ3) is 3.37. The van der Waals surface area contributed by atoms with Crippen LogP contribution in [0.4, 0.5) is 10.1 Å². The molecule has 0 heterocycles. The van der Waals surface area contributed by atoms with Crippen molar-refractivity contribution in [2.45, 2.75) is 6.54 Å². The molecule has 0 bridgehead atoms. The third-order valence-corrected chi connectivity index (χ3v) is 3.08. The van der Waals surface area contributed by atoms with Gasteiger partial charge in [0.2, 0.25) is 0 Å². The summed E-state index contributed by atoms with van der Waals surface area (Å²) >= 11 is 0. The number of carboxylic acids is 1. The Hall–Kier alpha value is -2.87. The molecule has 1 N–H and O–H groups in total. The zero-order chi connectivity index (χ0) is 15.4. The van der Waals surface area contributed by atoms with Crippen molar-refractivity contribution >= 4 is 11.7 Å². The molecule has 0 spiro atoms. The topological polar surface area (TPSA) is 64.3 Å². The molecule has 0 aliphatic carbocycles. The summed E-state index contributed by atoms with van der Waals surface area (Å²) < 4.78 is 13.2. The Bertz CT molecular complexity index is 722. The summed E-state index contributed by atoms with van der Waals surface area (Å²) in [6.07, 6.45) is 0. The summed E-state index contributed by atoms with van der Waals surface area (Å²) in [7, 11) is 1.77. The monoisotopic (exact) mass is 284 g/mol. The molecule has 0 radical (unpaired) electrons. The summed E-state index contributed by atoms with van der Waals surface area (Å²) in [6.45, 7) is 0.416. The smallest absolute Gasteiger partial charge is 0.335 e. The van der Waals surface area contributed by atoms with E-state index in [1.165, 1.54) is 24.3 Å². The van der Waals surface area contributed by atoms with Gasteiger partial charge in [0.25, 0.3) is 0 Å². The molecular weight excluding hydrogens is 271 g/mol. The Labute approximate surface area is 121 Å². The minimum absolute atomic E-state index is 0.0643. The first kappa shape index (κ1) is 14.5. The summed E-state index contributed by atoms with van der Waals surface area (Å²) in [4.78, 5) is 12.7. The van der Waals surface area contributed by atoms with Crippen LogP contribution in [0.25, 0.3) is 0 Å². The molecule has 0 amide bonds. The van der Waals surface area contributed by atoms with Crippen LogP contribution in [0.5, 0.6) is 0 Å². The fourth-order valence-electron chi connectivity index (χ4n) is 2.09. The van der Waals surface area contributed by atoms with Gasteiger partial charge in [-0.15, -0.1) is 0 Å². The van der Waals surface area contributed by atoms with Gasteiger partial charge in [0, 0.05) is 13.6 Å². The zero-order valence-corrected chi connectivity index (χ0v) is 11.4. The van der Waals surface area contributed by atoms with Crippen LogP contribution in [-0.2, 0) is 6.54 Å². The highest BCUT2D eigenvalue weighted by Gasteiger charge is 2.12. The molecule has 2 rings (SSSR count). The standard InChI is InChI=1S/C16H13FN2O2/c1-19(10-11-3-2-4-14(17)7-11)15-6-5-12(16(20)21)8-13(15)9-18/h2-8H,10H2,1H3,(H,20,21). The number of halogens is 1. The van der Waals surface area contributed by atoms with Crippen LogP contribution >= 0.6 is 0 Å². The first-order valence-electron chi connectivity index (χ1n) is 6.24. The third-order valence-electron chi connectivity index (χ3n) is 3.08. The van der Waals surface area contributed by atoms with Gasteiger partial charge in [-0.25, -0.2) is 9.18 Å². The number of aromatic carboxylic acids is 1. The molecule has 0 atom stereocenters. The Morgan fingerprint density at radius 3 is 2.71 bits per heavy atom. The first-order valence-corrected chi connectivity index (χ1v) is 6.24. The molecule has 0 unspecified atom stereocenters. The second-order valence-electron chi connectivity index (χ2n) is 4.63. The lowest BCUT2D eigenvalue weighted by atomic mass is 10.1. The molecule has 0 aliphatic rings. The second-order valence-corrected chi connectivity index (χ2v) is 4.63. The summed E-state index contributed by atoms with van der Waals surface area (Å²) in [5.74, 6) is -1.39. The van der Waals surface area contributed by atoms with Crippen LogP contribution in [0.3, 0.4) is 0 Å². The Morgan fingerprint density at radius 2 is 2.10 bits per heavy atom. The van der Waals surface area contributed by atoms with E-state index >= 15 is 0 Å². The predicted octanol–water partition coefficient (Wildman–Crippen LogP) is 3.03. The van der Waals surface area contributed by atoms with Gasteiger partial charge >= 0.3 is 5.97 Å². The number of anilines is 1. The van der Waals surface area contributed by atoms with Crippen LogP contribution in [0, 0.1) is 17.1 Å². The Kier molecular flexibility index (Phi) is 4.19. The van der Waals surface area contributed by atoms with Gasteiger partial charge in [0.1, 0.15) is 11.9 Å². The number of rotatable bonds is 4. The fourth-order valence-corrected chi connectivity index (χ4v) is 2.09. The Morgan fingerprint density at radius 1 is 1.33 bits per heavy atom. The number of nitriles is 1. The molecule has 4 nitrogen and oxygen atoms in total. The van der Waals surface area contributed by atoms with Crippen LogP contribution in [0.1, 0.15) is 21.5 Å². The van der Waals surface area contributed by atoms with E-state index in [0.717, 1.165) is 5.56 Å². The highest BCUT2D eigenvalue weighted by molar-refractivity contribution is 5.89. The highest BCUT2D eigenvalue weighted by atomic mass is 19.1. The summed E-state index contributed by atoms with van der Waals surface area (Å²) in [5.41, 5.74) is 1.71. The average Bonchev–Trinajstić information content (AvgIpc) is 2.46. The van der Waals surface area contributed by atoms with Gasteiger partial charge in [-0.3, -0.25) is 0 Å². The number of carboxylic acid groups (broad SMARTS) is 1. The maximum Gasteiger partial charge on any atom is 0.335 e. The quantitative estimate of drug-likeness (QED) is 0.937. The maximum atomic E-state index is 13.2. The van der Waals surface area contributed by atoms with Gasteiger partial charge in [-0.05, 0) is 35.9 Å². The van der Waals surface area contributed by atoms with Gasteiger partial charge in [0.15, 0.2) is 0 Å². The van der Waals surface area contributed by atoms with E-state index in [0.29, 0.717) is 12.2 Å². The Balaban J connectivity index is 2.29.